The van der Waals surface area contributed by atoms with Gasteiger partial charge >= 0.3 is 0 Å². The van der Waals surface area contributed by atoms with E-state index >= 15 is 0 Å². The highest BCUT2D eigenvalue weighted by atomic mass is 19.1. The van der Waals surface area contributed by atoms with Crippen LogP contribution in [0.2, 0.25) is 0 Å². The monoisotopic (exact) mass is 281 g/mol. The fourth-order valence-corrected chi connectivity index (χ4v) is 3.35. The highest BCUT2D eigenvalue weighted by Gasteiger charge is 2.26. The normalized spacial score (nSPS) is 18.9. The summed E-state index contributed by atoms with van der Waals surface area (Å²) in [5.41, 5.74) is 4.74. The molecule has 0 bridgehead atoms. The SMILES string of the molecule is CN1Cc2c(ccc3occc23)[C@@H](c2ccc(F)cc2)C1. The molecule has 4 rings (SSSR count). The first kappa shape index (κ1) is 12.6. The van der Waals surface area contributed by atoms with E-state index in [0.717, 1.165) is 24.2 Å². The van der Waals surface area contributed by atoms with Gasteiger partial charge in [-0.1, -0.05) is 18.2 Å². The van der Waals surface area contributed by atoms with Crippen LogP contribution in [-0.2, 0) is 6.54 Å². The maximum atomic E-state index is 13.2. The Bertz CT molecular complexity index is 791. The van der Waals surface area contributed by atoms with Gasteiger partial charge in [0.05, 0.1) is 6.26 Å². The number of benzene rings is 2. The predicted octanol–water partition coefficient (Wildman–Crippen LogP) is 4.15. The molecule has 3 aromatic rings. The summed E-state index contributed by atoms with van der Waals surface area (Å²) in [5, 5.41) is 1.19. The molecule has 2 nitrogen and oxygen atoms in total. The summed E-state index contributed by atoms with van der Waals surface area (Å²) in [6.07, 6.45) is 1.74. The number of furan rings is 1. The van der Waals surface area contributed by atoms with Crippen molar-refractivity contribution in [1.82, 2.24) is 4.90 Å². The summed E-state index contributed by atoms with van der Waals surface area (Å²) in [7, 11) is 2.12. The van der Waals surface area contributed by atoms with Crippen LogP contribution in [0.3, 0.4) is 0 Å². The van der Waals surface area contributed by atoms with Gasteiger partial charge in [0, 0.05) is 24.4 Å². The third kappa shape index (κ3) is 2.05. The van der Waals surface area contributed by atoms with E-state index in [2.05, 4.69) is 18.0 Å². The van der Waals surface area contributed by atoms with Crippen molar-refractivity contribution in [1.29, 1.82) is 0 Å². The van der Waals surface area contributed by atoms with Crippen molar-refractivity contribution in [2.75, 3.05) is 13.6 Å². The minimum Gasteiger partial charge on any atom is -0.464 e. The third-order valence-corrected chi connectivity index (χ3v) is 4.35. The van der Waals surface area contributed by atoms with Gasteiger partial charge in [0.1, 0.15) is 11.4 Å². The molecule has 0 unspecified atom stereocenters. The lowest BCUT2D eigenvalue weighted by atomic mass is 9.83. The van der Waals surface area contributed by atoms with E-state index in [9.17, 15) is 4.39 Å². The number of halogens is 1. The van der Waals surface area contributed by atoms with E-state index in [1.54, 1.807) is 18.4 Å². The highest BCUT2D eigenvalue weighted by molar-refractivity contribution is 5.83. The minimum absolute atomic E-state index is 0.187. The van der Waals surface area contributed by atoms with Crippen LogP contribution in [0.1, 0.15) is 22.6 Å². The maximum absolute atomic E-state index is 13.2. The van der Waals surface area contributed by atoms with Gasteiger partial charge in [0.25, 0.3) is 0 Å². The number of nitrogens with zero attached hydrogens (tertiary/aromatic N) is 1. The van der Waals surface area contributed by atoms with Gasteiger partial charge in [-0.3, -0.25) is 0 Å². The molecule has 1 atom stereocenters. The molecule has 2 aromatic carbocycles. The quantitative estimate of drug-likeness (QED) is 0.666. The van der Waals surface area contributed by atoms with Gasteiger partial charge in [-0.05, 0) is 48.0 Å². The Morgan fingerprint density at radius 1 is 1.10 bits per heavy atom. The standard InChI is InChI=1S/C18H16FNO/c1-20-10-16(12-2-4-13(19)5-3-12)14-6-7-18-15(8-9-21-18)17(14)11-20/h2-9,16H,10-11H2,1H3/t16-/m1/s1. The molecule has 1 aromatic heterocycles. The molecule has 0 saturated heterocycles. The molecule has 2 heterocycles. The van der Waals surface area contributed by atoms with Gasteiger partial charge in [-0.2, -0.15) is 0 Å². The Balaban J connectivity index is 1.89. The predicted molar refractivity (Wildman–Crippen MR) is 80.8 cm³/mol. The molecule has 0 radical (unpaired) electrons. The average Bonchev–Trinajstić information content (AvgIpc) is 2.96. The molecule has 0 aliphatic carbocycles. The van der Waals surface area contributed by atoms with E-state index in [1.807, 2.05) is 24.3 Å². The van der Waals surface area contributed by atoms with Crippen molar-refractivity contribution < 1.29 is 8.81 Å². The Hall–Kier alpha value is -2.13. The summed E-state index contributed by atoms with van der Waals surface area (Å²) in [6.45, 7) is 1.87. The minimum atomic E-state index is -0.187. The lowest BCUT2D eigenvalue weighted by Gasteiger charge is -2.33. The number of hydrogen-bond donors (Lipinski definition) is 0. The Morgan fingerprint density at radius 2 is 1.90 bits per heavy atom. The zero-order valence-electron chi connectivity index (χ0n) is 11.8. The summed E-state index contributed by atoms with van der Waals surface area (Å²) < 4.78 is 18.7. The van der Waals surface area contributed by atoms with Crippen LogP contribution in [0.25, 0.3) is 11.0 Å². The third-order valence-electron chi connectivity index (χ3n) is 4.35. The van der Waals surface area contributed by atoms with Crippen LogP contribution >= 0.6 is 0 Å². The van der Waals surface area contributed by atoms with Crippen molar-refractivity contribution in [2.24, 2.45) is 0 Å². The van der Waals surface area contributed by atoms with E-state index in [0.29, 0.717) is 0 Å². The number of likely N-dealkylation sites (N-methyl/N-ethyl adjacent to an activating group) is 1. The van der Waals surface area contributed by atoms with Crippen molar-refractivity contribution in [2.45, 2.75) is 12.5 Å². The first-order chi connectivity index (χ1) is 10.2. The fraction of sp³-hybridized carbons (Fsp3) is 0.222. The Labute approximate surface area is 122 Å². The molecule has 0 fully saturated rings. The average molecular weight is 281 g/mol. The zero-order valence-corrected chi connectivity index (χ0v) is 11.8. The van der Waals surface area contributed by atoms with Gasteiger partial charge < -0.3 is 9.32 Å². The molecule has 1 aliphatic rings. The van der Waals surface area contributed by atoms with Crippen LogP contribution in [0, 0.1) is 5.82 Å². The summed E-state index contributed by atoms with van der Waals surface area (Å²) in [4.78, 5) is 2.31. The zero-order chi connectivity index (χ0) is 14.4. The topological polar surface area (TPSA) is 16.4 Å². The second kappa shape index (κ2) is 4.71. The Morgan fingerprint density at radius 3 is 2.71 bits per heavy atom. The number of rotatable bonds is 1. The molecular weight excluding hydrogens is 265 g/mol. The van der Waals surface area contributed by atoms with Crippen LogP contribution in [-0.4, -0.2) is 18.5 Å². The van der Waals surface area contributed by atoms with Crippen molar-refractivity contribution in [3.63, 3.8) is 0 Å². The van der Waals surface area contributed by atoms with Crippen molar-refractivity contribution in [3.05, 3.63) is 71.2 Å². The van der Waals surface area contributed by atoms with Gasteiger partial charge in [0.2, 0.25) is 0 Å². The molecule has 3 heteroatoms. The summed E-state index contributed by atoms with van der Waals surface area (Å²) >= 11 is 0. The molecule has 0 saturated carbocycles. The highest BCUT2D eigenvalue weighted by Crippen LogP contribution is 2.37. The van der Waals surface area contributed by atoms with Crippen molar-refractivity contribution in [3.8, 4) is 0 Å². The first-order valence-electron chi connectivity index (χ1n) is 7.15. The second-order valence-corrected chi connectivity index (χ2v) is 5.77. The smallest absolute Gasteiger partial charge is 0.134 e. The van der Waals surface area contributed by atoms with Gasteiger partial charge in [0.15, 0.2) is 0 Å². The largest absolute Gasteiger partial charge is 0.464 e. The van der Waals surface area contributed by atoms with Crippen LogP contribution < -0.4 is 0 Å². The maximum Gasteiger partial charge on any atom is 0.134 e. The number of fused-ring (bicyclic) bond motifs is 3. The second-order valence-electron chi connectivity index (χ2n) is 5.77. The fourth-order valence-electron chi connectivity index (χ4n) is 3.35. The van der Waals surface area contributed by atoms with Gasteiger partial charge in [-0.25, -0.2) is 4.39 Å². The van der Waals surface area contributed by atoms with E-state index in [4.69, 9.17) is 4.42 Å². The molecule has 0 N–H and O–H groups in total. The summed E-state index contributed by atoms with van der Waals surface area (Å²) in [5.74, 6) is 0.0899. The van der Waals surface area contributed by atoms with Gasteiger partial charge in [-0.15, -0.1) is 0 Å². The summed E-state index contributed by atoms with van der Waals surface area (Å²) in [6, 6.07) is 13.1. The Kier molecular flexibility index (Phi) is 2.82. The lowest BCUT2D eigenvalue weighted by Crippen LogP contribution is -2.31. The molecule has 106 valence electrons. The lowest BCUT2D eigenvalue weighted by molar-refractivity contribution is 0.296. The molecule has 21 heavy (non-hydrogen) atoms. The van der Waals surface area contributed by atoms with Crippen LogP contribution in [0.4, 0.5) is 4.39 Å². The van der Waals surface area contributed by atoms with E-state index in [-0.39, 0.29) is 11.7 Å². The molecule has 0 amide bonds. The number of hydrogen-bond acceptors (Lipinski definition) is 2. The molecule has 1 aliphatic heterocycles. The first-order valence-corrected chi connectivity index (χ1v) is 7.15. The van der Waals surface area contributed by atoms with Crippen LogP contribution in [0.15, 0.2) is 53.1 Å². The van der Waals surface area contributed by atoms with Crippen molar-refractivity contribution >= 4 is 11.0 Å². The molecular formula is C18H16FNO. The van der Waals surface area contributed by atoms with Crippen LogP contribution in [0.5, 0.6) is 0 Å². The van der Waals surface area contributed by atoms with E-state index in [1.165, 1.54) is 16.5 Å². The van der Waals surface area contributed by atoms with E-state index < -0.39 is 0 Å². The molecule has 0 spiro atoms.